The Bertz CT molecular complexity index is 623. The molecule has 0 saturated carbocycles. The summed E-state index contributed by atoms with van der Waals surface area (Å²) in [7, 11) is 0. The smallest absolute Gasteiger partial charge is 0.0609 e. The molecule has 0 amide bonds. The van der Waals surface area contributed by atoms with Crippen LogP contribution in [-0.4, -0.2) is 0 Å². The molecular formula is C22H21S. The first-order valence-electron chi connectivity index (χ1n) is 8.02. The van der Waals surface area contributed by atoms with E-state index in [2.05, 4.69) is 97.9 Å². The normalized spacial score (nSPS) is 11.6. The third-order valence-corrected chi connectivity index (χ3v) is 5.04. The van der Waals surface area contributed by atoms with Gasteiger partial charge in [-0.05, 0) is 23.1 Å². The van der Waals surface area contributed by atoms with Crippen molar-refractivity contribution < 1.29 is 0 Å². The highest BCUT2D eigenvalue weighted by Crippen LogP contribution is 2.49. The molecule has 0 aliphatic heterocycles. The molecule has 3 rings (SSSR count). The van der Waals surface area contributed by atoms with Gasteiger partial charge in [0.05, 0.1) is 5.41 Å². The van der Waals surface area contributed by atoms with Gasteiger partial charge in [0, 0.05) is 5.25 Å². The van der Waals surface area contributed by atoms with E-state index in [1.807, 2.05) is 0 Å². The number of thiol groups is 1. The molecule has 3 aromatic rings. The summed E-state index contributed by atoms with van der Waals surface area (Å²) in [6.45, 7) is 2.17. The second-order valence-electron chi connectivity index (χ2n) is 5.65. The highest BCUT2D eigenvalue weighted by Gasteiger charge is 2.41. The SMILES string of the molecule is CC[C](S)C(c1ccccc1)(c1ccccc1)c1ccccc1. The van der Waals surface area contributed by atoms with E-state index in [-0.39, 0.29) is 5.41 Å². The molecule has 23 heavy (non-hydrogen) atoms. The largest absolute Gasteiger partial charge is 0.169 e. The van der Waals surface area contributed by atoms with E-state index in [1.165, 1.54) is 16.7 Å². The summed E-state index contributed by atoms with van der Waals surface area (Å²) in [4.78, 5) is 0. The van der Waals surface area contributed by atoms with Gasteiger partial charge >= 0.3 is 0 Å². The topological polar surface area (TPSA) is 0 Å². The first kappa shape index (κ1) is 15.9. The molecule has 1 radical (unpaired) electrons. The minimum Gasteiger partial charge on any atom is -0.169 e. The molecule has 0 fully saturated rings. The van der Waals surface area contributed by atoms with Crippen molar-refractivity contribution in [2.24, 2.45) is 0 Å². The Kier molecular flexibility index (Phi) is 4.88. The van der Waals surface area contributed by atoms with Crippen LogP contribution in [0.2, 0.25) is 0 Å². The third-order valence-electron chi connectivity index (χ3n) is 4.39. The van der Waals surface area contributed by atoms with E-state index in [9.17, 15) is 0 Å². The van der Waals surface area contributed by atoms with Crippen LogP contribution in [0.25, 0.3) is 0 Å². The summed E-state index contributed by atoms with van der Waals surface area (Å²) in [6, 6.07) is 32.0. The molecule has 3 aromatic carbocycles. The van der Waals surface area contributed by atoms with Gasteiger partial charge in [-0.3, -0.25) is 0 Å². The Morgan fingerprint density at radius 1 is 0.652 bits per heavy atom. The van der Waals surface area contributed by atoms with Gasteiger partial charge in [0.2, 0.25) is 0 Å². The van der Waals surface area contributed by atoms with Crippen LogP contribution in [0.15, 0.2) is 91.0 Å². The zero-order valence-corrected chi connectivity index (χ0v) is 14.2. The molecule has 0 N–H and O–H groups in total. The van der Waals surface area contributed by atoms with E-state index in [4.69, 9.17) is 12.6 Å². The molecular weight excluding hydrogens is 296 g/mol. The van der Waals surface area contributed by atoms with Crippen LogP contribution in [0.3, 0.4) is 0 Å². The van der Waals surface area contributed by atoms with E-state index in [1.54, 1.807) is 0 Å². The van der Waals surface area contributed by atoms with Crippen molar-refractivity contribution in [3.8, 4) is 0 Å². The number of hydrogen-bond acceptors (Lipinski definition) is 1. The lowest BCUT2D eigenvalue weighted by molar-refractivity contribution is 0.664. The van der Waals surface area contributed by atoms with Crippen molar-refractivity contribution in [1.82, 2.24) is 0 Å². The van der Waals surface area contributed by atoms with Gasteiger partial charge in [-0.25, -0.2) is 0 Å². The van der Waals surface area contributed by atoms with Gasteiger partial charge in [0.25, 0.3) is 0 Å². The number of hydrogen-bond donors (Lipinski definition) is 1. The fourth-order valence-corrected chi connectivity index (χ4v) is 3.72. The average molecular weight is 317 g/mol. The minimum absolute atomic E-state index is 0.332. The van der Waals surface area contributed by atoms with Crippen molar-refractivity contribution in [3.05, 3.63) is 113 Å². The van der Waals surface area contributed by atoms with E-state index < -0.39 is 0 Å². The van der Waals surface area contributed by atoms with E-state index in [0.717, 1.165) is 11.7 Å². The first-order valence-corrected chi connectivity index (χ1v) is 8.46. The van der Waals surface area contributed by atoms with Crippen molar-refractivity contribution in [2.45, 2.75) is 18.8 Å². The zero-order valence-electron chi connectivity index (χ0n) is 13.3. The quantitative estimate of drug-likeness (QED) is 0.440. The fraction of sp³-hybridized carbons (Fsp3) is 0.136. The monoisotopic (exact) mass is 317 g/mol. The second-order valence-corrected chi connectivity index (χ2v) is 6.19. The predicted octanol–water partition coefficient (Wildman–Crippen LogP) is 5.89. The van der Waals surface area contributed by atoms with Crippen molar-refractivity contribution in [2.75, 3.05) is 0 Å². The molecule has 0 aliphatic rings. The second kappa shape index (κ2) is 7.06. The maximum absolute atomic E-state index is 4.96. The summed E-state index contributed by atoms with van der Waals surface area (Å²) < 4.78 is 0. The van der Waals surface area contributed by atoms with Crippen LogP contribution in [-0.2, 0) is 5.41 Å². The highest BCUT2D eigenvalue weighted by atomic mass is 32.1. The lowest BCUT2D eigenvalue weighted by Crippen LogP contribution is -2.34. The molecule has 0 heterocycles. The summed E-state index contributed by atoms with van der Waals surface area (Å²) in [6.07, 6.45) is 0.905. The summed E-state index contributed by atoms with van der Waals surface area (Å²) in [5, 5.41) is 1.15. The summed E-state index contributed by atoms with van der Waals surface area (Å²) in [5.74, 6) is 0. The highest BCUT2D eigenvalue weighted by molar-refractivity contribution is 7.83. The average Bonchev–Trinajstić information content (AvgIpc) is 2.65. The van der Waals surface area contributed by atoms with E-state index >= 15 is 0 Å². The Morgan fingerprint density at radius 3 is 1.22 bits per heavy atom. The summed E-state index contributed by atoms with van der Waals surface area (Å²) >= 11 is 4.96. The number of rotatable bonds is 5. The first-order chi connectivity index (χ1) is 11.3. The molecule has 0 aliphatic carbocycles. The van der Waals surface area contributed by atoms with Crippen LogP contribution in [0.1, 0.15) is 30.0 Å². The molecule has 0 unspecified atom stereocenters. The lowest BCUT2D eigenvalue weighted by Gasteiger charge is -2.40. The van der Waals surface area contributed by atoms with Crippen LogP contribution in [0, 0.1) is 5.25 Å². The molecule has 0 bridgehead atoms. The van der Waals surface area contributed by atoms with Crippen LogP contribution in [0.5, 0.6) is 0 Å². The molecule has 0 nitrogen and oxygen atoms in total. The molecule has 1 heteroatoms. The van der Waals surface area contributed by atoms with Crippen LogP contribution < -0.4 is 0 Å². The van der Waals surface area contributed by atoms with Crippen molar-refractivity contribution in [1.29, 1.82) is 0 Å². The van der Waals surface area contributed by atoms with Gasteiger partial charge < -0.3 is 0 Å². The van der Waals surface area contributed by atoms with Gasteiger partial charge in [-0.2, -0.15) is 12.6 Å². The minimum atomic E-state index is -0.332. The fourth-order valence-electron chi connectivity index (χ4n) is 3.33. The summed E-state index contributed by atoms with van der Waals surface area (Å²) in [5.41, 5.74) is 3.43. The van der Waals surface area contributed by atoms with Crippen LogP contribution in [0.4, 0.5) is 0 Å². The lowest BCUT2D eigenvalue weighted by atomic mass is 9.66. The maximum Gasteiger partial charge on any atom is 0.0609 e. The van der Waals surface area contributed by atoms with Crippen molar-refractivity contribution >= 4 is 12.6 Å². The van der Waals surface area contributed by atoms with E-state index in [0.29, 0.717) is 0 Å². The Morgan fingerprint density at radius 2 is 0.957 bits per heavy atom. The molecule has 0 aromatic heterocycles. The molecule has 115 valence electrons. The van der Waals surface area contributed by atoms with Crippen LogP contribution >= 0.6 is 12.6 Å². The maximum atomic E-state index is 4.96. The molecule has 0 atom stereocenters. The van der Waals surface area contributed by atoms with Crippen molar-refractivity contribution in [3.63, 3.8) is 0 Å². The molecule has 0 saturated heterocycles. The van der Waals surface area contributed by atoms with Gasteiger partial charge in [0.1, 0.15) is 0 Å². The third kappa shape index (κ3) is 2.82. The standard InChI is InChI=1S/C22H21S/c1-2-21(23)22(18-12-6-3-7-13-18,19-14-8-4-9-15-19)20-16-10-5-11-17-20/h3-17,23H,2H2,1H3. The van der Waals surface area contributed by atoms with Gasteiger partial charge in [0.15, 0.2) is 0 Å². The Hall–Kier alpha value is -1.99. The molecule has 0 spiro atoms. The number of benzene rings is 3. The predicted molar refractivity (Wildman–Crippen MR) is 102 cm³/mol. The van der Waals surface area contributed by atoms with Gasteiger partial charge in [-0.15, -0.1) is 0 Å². The zero-order chi connectivity index (χ0) is 16.1. The Balaban J connectivity index is 2.35. The Labute approximate surface area is 144 Å². The van der Waals surface area contributed by atoms with Gasteiger partial charge in [-0.1, -0.05) is 97.9 Å².